The minimum absolute atomic E-state index is 0.106. The van der Waals surface area contributed by atoms with Crippen LogP contribution in [0.2, 0.25) is 0 Å². The lowest BCUT2D eigenvalue weighted by Gasteiger charge is -2.05. The Morgan fingerprint density at radius 3 is 2.42 bits per heavy atom. The van der Waals surface area contributed by atoms with Crippen LogP contribution >= 0.6 is 0 Å². The van der Waals surface area contributed by atoms with Crippen LogP contribution in [0.3, 0.4) is 0 Å². The summed E-state index contributed by atoms with van der Waals surface area (Å²) in [5.74, 6) is -0.652. The molecule has 7 heteroatoms. The number of benzene rings is 2. The average Bonchev–Trinajstić information content (AvgIpc) is 2.95. The Kier molecular flexibility index (Phi) is 3.84. The van der Waals surface area contributed by atoms with Gasteiger partial charge in [0, 0.05) is 0 Å². The van der Waals surface area contributed by atoms with E-state index in [1.807, 2.05) is 0 Å². The molecule has 0 amide bonds. The highest BCUT2D eigenvalue weighted by molar-refractivity contribution is 6.01. The van der Waals surface area contributed by atoms with Gasteiger partial charge in [0.15, 0.2) is 0 Å². The van der Waals surface area contributed by atoms with Gasteiger partial charge in [-0.05, 0) is 35.9 Å². The van der Waals surface area contributed by atoms with Crippen molar-refractivity contribution in [1.82, 2.24) is 9.97 Å². The zero-order valence-corrected chi connectivity index (χ0v) is 12.1. The van der Waals surface area contributed by atoms with E-state index < -0.39 is 17.7 Å². The lowest BCUT2D eigenvalue weighted by atomic mass is 10.1. The summed E-state index contributed by atoms with van der Waals surface area (Å²) < 4.78 is 37.5. The van der Waals surface area contributed by atoms with Crippen molar-refractivity contribution in [1.29, 1.82) is 0 Å². The normalized spacial score (nSPS) is 12.1. The Hall–Kier alpha value is -3.09. The number of carboxylic acids is 1. The van der Waals surface area contributed by atoms with Gasteiger partial charge in [0.05, 0.1) is 22.2 Å². The van der Waals surface area contributed by atoms with Gasteiger partial charge in [0.1, 0.15) is 5.82 Å². The van der Waals surface area contributed by atoms with E-state index in [-0.39, 0.29) is 5.56 Å². The lowest BCUT2D eigenvalue weighted by molar-refractivity contribution is -0.137. The number of para-hydroxylation sites is 1. The van der Waals surface area contributed by atoms with Crippen molar-refractivity contribution >= 4 is 29.2 Å². The minimum atomic E-state index is -4.37. The molecule has 0 spiro atoms. The average molecular weight is 332 g/mol. The van der Waals surface area contributed by atoms with Crippen molar-refractivity contribution in [2.24, 2.45) is 0 Å². The first kappa shape index (κ1) is 15.8. The predicted molar refractivity (Wildman–Crippen MR) is 83.4 cm³/mol. The fourth-order valence-corrected chi connectivity index (χ4v) is 2.27. The number of rotatable bonds is 3. The Morgan fingerprint density at radius 1 is 1.08 bits per heavy atom. The summed E-state index contributed by atoms with van der Waals surface area (Å²) in [7, 11) is 0. The molecule has 122 valence electrons. The molecular weight excluding hydrogens is 321 g/mol. The summed E-state index contributed by atoms with van der Waals surface area (Å²) in [6.07, 6.45) is -1.19. The van der Waals surface area contributed by atoms with Crippen molar-refractivity contribution in [2.75, 3.05) is 0 Å². The Morgan fingerprint density at radius 2 is 1.79 bits per heavy atom. The van der Waals surface area contributed by atoms with E-state index in [1.165, 1.54) is 18.2 Å². The summed E-state index contributed by atoms with van der Waals surface area (Å²) in [4.78, 5) is 18.3. The molecule has 0 radical (unpaired) electrons. The number of fused-ring (bicyclic) bond motifs is 1. The summed E-state index contributed by atoms with van der Waals surface area (Å²) in [5, 5.41) is 9.13. The highest BCUT2D eigenvalue weighted by Crippen LogP contribution is 2.29. The Bertz CT molecular complexity index is 925. The number of hydrogen-bond acceptors (Lipinski definition) is 2. The smallest absolute Gasteiger partial charge is 0.416 e. The van der Waals surface area contributed by atoms with Crippen LogP contribution in [0.15, 0.2) is 42.5 Å². The molecule has 24 heavy (non-hydrogen) atoms. The minimum Gasteiger partial charge on any atom is -0.478 e. The van der Waals surface area contributed by atoms with Crippen LogP contribution in [-0.4, -0.2) is 21.0 Å². The summed E-state index contributed by atoms with van der Waals surface area (Å²) in [6.45, 7) is 0. The van der Waals surface area contributed by atoms with Gasteiger partial charge in [-0.25, -0.2) is 9.78 Å². The molecular formula is C17H11F3N2O2. The van der Waals surface area contributed by atoms with Crippen LogP contribution in [0.4, 0.5) is 13.2 Å². The topological polar surface area (TPSA) is 66.0 Å². The first-order chi connectivity index (χ1) is 11.3. The fourth-order valence-electron chi connectivity index (χ4n) is 2.27. The van der Waals surface area contributed by atoms with Crippen LogP contribution in [-0.2, 0) is 6.18 Å². The number of aromatic carboxylic acids is 1. The van der Waals surface area contributed by atoms with Gasteiger partial charge in [0.25, 0.3) is 0 Å². The molecule has 0 bridgehead atoms. The lowest BCUT2D eigenvalue weighted by Crippen LogP contribution is -2.03. The number of carbonyl (C=O) groups is 1. The zero-order valence-electron chi connectivity index (χ0n) is 12.1. The second kappa shape index (κ2) is 5.84. The van der Waals surface area contributed by atoms with E-state index in [9.17, 15) is 18.0 Å². The summed E-state index contributed by atoms with van der Waals surface area (Å²) in [5.41, 5.74) is 0.865. The van der Waals surface area contributed by atoms with Gasteiger partial charge < -0.3 is 10.1 Å². The highest BCUT2D eigenvalue weighted by Gasteiger charge is 2.29. The predicted octanol–water partition coefficient (Wildman–Crippen LogP) is 4.45. The van der Waals surface area contributed by atoms with Gasteiger partial charge in [0.2, 0.25) is 0 Å². The van der Waals surface area contributed by atoms with Gasteiger partial charge in [-0.2, -0.15) is 13.2 Å². The maximum Gasteiger partial charge on any atom is 0.416 e. The molecule has 0 atom stereocenters. The number of H-pyrrole nitrogens is 1. The number of imidazole rings is 1. The molecule has 1 aromatic heterocycles. The molecule has 0 unspecified atom stereocenters. The molecule has 0 aliphatic heterocycles. The van der Waals surface area contributed by atoms with Crippen LogP contribution in [0.5, 0.6) is 0 Å². The number of alkyl halides is 3. The molecule has 3 rings (SSSR count). The van der Waals surface area contributed by atoms with E-state index >= 15 is 0 Å². The van der Waals surface area contributed by atoms with Crippen LogP contribution in [0.1, 0.15) is 27.3 Å². The second-order valence-electron chi connectivity index (χ2n) is 5.08. The zero-order chi connectivity index (χ0) is 17.3. The van der Waals surface area contributed by atoms with Crippen LogP contribution < -0.4 is 0 Å². The third kappa shape index (κ3) is 3.15. The molecule has 0 aliphatic carbocycles. The molecule has 0 fully saturated rings. The molecule has 1 heterocycles. The number of hydrogen-bond donors (Lipinski definition) is 2. The van der Waals surface area contributed by atoms with E-state index in [2.05, 4.69) is 9.97 Å². The second-order valence-corrected chi connectivity index (χ2v) is 5.08. The van der Waals surface area contributed by atoms with Crippen molar-refractivity contribution in [3.8, 4) is 0 Å². The fraction of sp³-hybridized carbons (Fsp3) is 0.0588. The third-order valence-corrected chi connectivity index (χ3v) is 3.44. The summed E-state index contributed by atoms with van der Waals surface area (Å²) >= 11 is 0. The van der Waals surface area contributed by atoms with Gasteiger partial charge in [-0.1, -0.05) is 24.3 Å². The van der Waals surface area contributed by atoms with Crippen LogP contribution in [0.25, 0.3) is 23.2 Å². The van der Waals surface area contributed by atoms with Crippen molar-refractivity contribution in [3.63, 3.8) is 0 Å². The molecule has 4 nitrogen and oxygen atoms in total. The number of nitrogens with one attached hydrogen (secondary N) is 1. The Labute approximate surface area is 134 Å². The van der Waals surface area contributed by atoms with E-state index in [0.717, 1.165) is 12.1 Å². The van der Waals surface area contributed by atoms with Crippen molar-refractivity contribution < 1.29 is 23.1 Å². The molecule has 0 aliphatic rings. The van der Waals surface area contributed by atoms with E-state index in [4.69, 9.17) is 5.11 Å². The van der Waals surface area contributed by atoms with Gasteiger partial charge in [-0.3, -0.25) is 0 Å². The van der Waals surface area contributed by atoms with Gasteiger partial charge >= 0.3 is 12.1 Å². The number of nitrogens with zero attached hydrogens (tertiary/aromatic N) is 1. The first-order valence-corrected chi connectivity index (χ1v) is 6.92. The number of aromatic amines is 1. The van der Waals surface area contributed by atoms with Gasteiger partial charge in [-0.15, -0.1) is 0 Å². The molecule has 2 aromatic carbocycles. The number of halogens is 3. The van der Waals surface area contributed by atoms with Crippen molar-refractivity contribution in [2.45, 2.75) is 6.18 Å². The monoisotopic (exact) mass is 332 g/mol. The van der Waals surface area contributed by atoms with E-state index in [0.29, 0.717) is 22.4 Å². The SMILES string of the molecule is O=C(O)c1cccc2nc(C=Cc3ccc(C(F)(F)F)cc3)[nH]c12. The number of carboxylic acid groups (broad SMARTS) is 1. The first-order valence-electron chi connectivity index (χ1n) is 6.92. The molecule has 0 saturated heterocycles. The van der Waals surface area contributed by atoms with E-state index in [1.54, 1.807) is 24.3 Å². The molecule has 2 N–H and O–H groups in total. The highest BCUT2D eigenvalue weighted by atomic mass is 19.4. The summed E-state index contributed by atoms with van der Waals surface area (Å²) in [6, 6.07) is 9.44. The van der Waals surface area contributed by atoms with Crippen molar-refractivity contribution in [3.05, 3.63) is 65.0 Å². The maximum absolute atomic E-state index is 12.5. The number of aromatic nitrogens is 2. The largest absolute Gasteiger partial charge is 0.478 e. The molecule has 3 aromatic rings. The molecule has 0 saturated carbocycles. The standard InChI is InChI=1S/C17H11F3N2O2/c18-17(19,20)11-7-4-10(5-8-11)6-9-14-21-13-3-1-2-12(16(23)24)15(13)22-14/h1-9H,(H,21,22)(H,23,24). The maximum atomic E-state index is 12.5. The third-order valence-electron chi connectivity index (χ3n) is 3.44. The van der Waals surface area contributed by atoms with Crippen LogP contribution in [0, 0.1) is 0 Å². The quantitative estimate of drug-likeness (QED) is 0.745. The Balaban J connectivity index is 1.88.